The molecular weight excluding hydrogens is 237 g/mol. The van der Waals surface area contributed by atoms with Crippen LogP contribution in [-0.2, 0) is 4.57 Å². The second kappa shape index (κ2) is 3.31. The Morgan fingerprint density at radius 2 is 2.08 bits per heavy atom. The fourth-order valence-corrected chi connectivity index (χ4v) is 1.88. The summed E-state index contributed by atoms with van der Waals surface area (Å²) in [4.78, 5) is 4.10. The molecule has 0 saturated carbocycles. The predicted octanol–water partition coefficient (Wildman–Crippen LogP) is 2.40. The van der Waals surface area contributed by atoms with Crippen LogP contribution in [-0.4, -0.2) is 18.3 Å². The number of hydrogen-bond acceptors (Lipinski definition) is 2. The standard InChI is InChI=1S/C8H11BrNOP/c1-6-4-8(12(2,3)11)10-5-7(6)9/h4-5H,1-3H3. The Morgan fingerprint density at radius 1 is 1.50 bits per heavy atom. The molecule has 0 unspecified atom stereocenters. The number of hydrogen-bond donors (Lipinski definition) is 0. The number of halogens is 1. The van der Waals surface area contributed by atoms with Crippen molar-refractivity contribution in [2.24, 2.45) is 0 Å². The summed E-state index contributed by atoms with van der Waals surface area (Å²) in [5.74, 6) is 0. The average Bonchev–Trinajstić information content (AvgIpc) is 1.92. The Kier molecular flexibility index (Phi) is 2.74. The van der Waals surface area contributed by atoms with E-state index < -0.39 is 7.14 Å². The van der Waals surface area contributed by atoms with Gasteiger partial charge in [-0.25, -0.2) is 0 Å². The van der Waals surface area contributed by atoms with E-state index in [1.807, 2.05) is 13.0 Å². The van der Waals surface area contributed by atoms with Gasteiger partial charge in [0.2, 0.25) is 0 Å². The maximum Gasteiger partial charge on any atom is 0.127 e. The van der Waals surface area contributed by atoms with Crippen LogP contribution in [0.1, 0.15) is 5.56 Å². The molecule has 0 radical (unpaired) electrons. The first-order valence-electron chi connectivity index (χ1n) is 3.59. The number of nitrogens with zero attached hydrogens (tertiary/aromatic N) is 1. The van der Waals surface area contributed by atoms with Crippen molar-refractivity contribution in [1.29, 1.82) is 0 Å². The van der Waals surface area contributed by atoms with Gasteiger partial charge in [0, 0.05) is 10.7 Å². The van der Waals surface area contributed by atoms with E-state index in [0.717, 1.165) is 10.0 Å². The van der Waals surface area contributed by atoms with Crippen molar-refractivity contribution in [3.8, 4) is 0 Å². The molecule has 0 spiro atoms. The van der Waals surface area contributed by atoms with E-state index in [4.69, 9.17) is 0 Å². The predicted molar refractivity (Wildman–Crippen MR) is 55.8 cm³/mol. The fraction of sp³-hybridized carbons (Fsp3) is 0.375. The molecule has 0 atom stereocenters. The molecule has 0 aliphatic heterocycles. The van der Waals surface area contributed by atoms with E-state index in [1.165, 1.54) is 0 Å². The van der Waals surface area contributed by atoms with E-state index >= 15 is 0 Å². The molecule has 4 heteroatoms. The van der Waals surface area contributed by atoms with Gasteiger partial charge in [0.25, 0.3) is 0 Å². The Morgan fingerprint density at radius 3 is 2.50 bits per heavy atom. The van der Waals surface area contributed by atoms with E-state index in [1.54, 1.807) is 19.5 Å². The van der Waals surface area contributed by atoms with Gasteiger partial charge in [-0.2, -0.15) is 0 Å². The van der Waals surface area contributed by atoms with Crippen molar-refractivity contribution < 1.29 is 4.57 Å². The van der Waals surface area contributed by atoms with E-state index in [0.29, 0.717) is 5.44 Å². The van der Waals surface area contributed by atoms with Gasteiger partial charge >= 0.3 is 0 Å². The normalized spacial score (nSPS) is 11.7. The second-order valence-corrected chi connectivity index (χ2v) is 7.16. The van der Waals surface area contributed by atoms with Crippen LogP contribution in [0.15, 0.2) is 16.7 Å². The van der Waals surface area contributed by atoms with Gasteiger partial charge in [0.1, 0.15) is 7.14 Å². The van der Waals surface area contributed by atoms with Crippen molar-refractivity contribution in [3.05, 3.63) is 22.3 Å². The van der Waals surface area contributed by atoms with E-state index in [-0.39, 0.29) is 0 Å². The first kappa shape index (κ1) is 9.94. The van der Waals surface area contributed by atoms with Crippen LogP contribution >= 0.6 is 23.1 Å². The van der Waals surface area contributed by atoms with Crippen LogP contribution in [0.2, 0.25) is 0 Å². The van der Waals surface area contributed by atoms with E-state index in [2.05, 4.69) is 20.9 Å². The molecule has 0 amide bonds. The first-order chi connectivity index (χ1) is 5.41. The van der Waals surface area contributed by atoms with Crippen LogP contribution in [0.25, 0.3) is 0 Å². The third kappa shape index (κ3) is 2.18. The fourth-order valence-electron chi connectivity index (χ4n) is 0.819. The van der Waals surface area contributed by atoms with Gasteiger partial charge < -0.3 is 4.57 Å². The monoisotopic (exact) mass is 247 g/mol. The van der Waals surface area contributed by atoms with Crippen molar-refractivity contribution in [3.63, 3.8) is 0 Å². The van der Waals surface area contributed by atoms with Crippen LogP contribution in [0.5, 0.6) is 0 Å². The molecule has 0 aromatic carbocycles. The zero-order chi connectivity index (χ0) is 9.35. The molecule has 0 aliphatic rings. The Balaban J connectivity index is 3.23. The first-order valence-corrected chi connectivity index (χ1v) is 6.98. The van der Waals surface area contributed by atoms with E-state index in [9.17, 15) is 4.57 Å². The zero-order valence-electron chi connectivity index (χ0n) is 7.34. The highest BCUT2D eigenvalue weighted by Crippen LogP contribution is 2.34. The lowest BCUT2D eigenvalue weighted by atomic mass is 10.3. The summed E-state index contributed by atoms with van der Waals surface area (Å²) in [6.45, 7) is 5.41. The largest absolute Gasteiger partial charge is 0.318 e. The Labute approximate surface area is 80.9 Å². The van der Waals surface area contributed by atoms with Gasteiger partial charge in [-0.3, -0.25) is 4.98 Å². The Bertz CT molecular complexity index is 345. The summed E-state index contributed by atoms with van der Waals surface area (Å²) >= 11 is 3.34. The molecule has 0 bridgehead atoms. The van der Waals surface area contributed by atoms with Crippen LogP contribution in [0, 0.1) is 6.92 Å². The quantitative estimate of drug-likeness (QED) is 0.714. The van der Waals surface area contributed by atoms with Crippen molar-refractivity contribution in [2.45, 2.75) is 6.92 Å². The van der Waals surface area contributed by atoms with Gasteiger partial charge in [-0.05, 0) is 47.8 Å². The maximum absolute atomic E-state index is 11.6. The molecule has 1 rings (SSSR count). The minimum absolute atomic E-state index is 0.697. The number of pyridine rings is 1. The highest BCUT2D eigenvalue weighted by atomic mass is 79.9. The number of aromatic nitrogens is 1. The maximum atomic E-state index is 11.6. The summed E-state index contributed by atoms with van der Waals surface area (Å²) < 4.78 is 12.6. The van der Waals surface area contributed by atoms with Gasteiger partial charge in [-0.1, -0.05) is 0 Å². The lowest BCUT2D eigenvalue weighted by Gasteiger charge is -2.06. The molecule has 0 fully saturated rings. The van der Waals surface area contributed by atoms with Gasteiger partial charge in [0.15, 0.2) is 0 Å². The molecule has 0 aliphatic carbocycles. The number of aryl methyl sites for hydroxylation is 1. The van der Waals surface area contributed by atoms with Crippen LogP contribution in [0.3, 0.4) is 0 Å². The zero-order valence-corrected chi connectivity index (χ0v) is 9.82. The summed E-state index contributed by atoms with van der Waals surface area (Å²) in [7, 11) is -2.20. The SMILES string of the molecule is Cc1cc(P(C)(C)=O)ncc1Br. The highest BCUT2D eigenvalue weighted by Gasteiger charge is 2.12. The molecule has 1 aromatic heterocycles. The smallest absolute Gasteiger partial charge is 0.127 e. The third-order valence-electron chi connectivity index (χ3n) is 1.58. The summed E-state index contributed by atoms with van der Waals surface area (Å²) in [5.41, 5.74) is 1.77. The van der Waals surface area contributed by atoms with Crippen LogP contribution < -0.4 is 5.44 Å². The molecule has 1 heterocycles. The molecule has 0 N–H and O–H groups in total. The second-order valence-electron chi connectivity index (χ2n) is 3.14. The van der Waals surface area contributed by atoms with Crippen molar-refractivity contribution in [1.82, 2.24) is 4.98 Å². The highest BCUT2D eigenvalue weighted by molar-refractivity contribution is 9.10. The third-order valence-corrected chi connectivity index (χ3v) is 3.76. The molecule has 1 aromatic rings. The van der Waals surface area contributed by atoms with Gasteiger partial charge in [0.05, 0.1) is 5.44 Å². The molecule has 66 valence electrons. The lowest BCUT2D eigenvalue weighted by molar-refractivity contribution is 0.587. The topological polar surface area (TPSA) is 30.0 Å². The molecular formula is C8H11BrNOP. The minimum atomic E-state index is -2.20. The summed E-state index contributed by atoms with van der Waals surface area (Å²) in [5, 5.41) is 0. The Hall–Kier alpha value is -0.140. The van der Waals surface area contributed by atoms with Crippen molar-refractivity contribution >= 4 is 28.5 Å². The minimum Gasteiger partial charge on any atom is -0.318 e. The van der Waals surface area contributed by atoms with Crippen molar-refractivity contribution in [2.75, 3.05) is 13.3 Å². The lowest BCUT2D eigenvalue weighted by Crippen LogP contribution is -2.08. The molecule has 0 saturated heterocycles. The molecule has 2 nitrogen and oxygen atoms in total. The molecule has 12 heavy (non-hydrogen) atoms. The summed E-state index contributed by atoms with van der Waals surface area (Å²) in [6.07, 6.45) is 1.70. The van der Waals surface area contributed by atoms with Gasteiger partial charge in [-0.15, -0.1) is 0 Å². The number of rotatable bonds is 1. The average molecular weight is 248 g/mol. The van der Waals surface area contributed by atoms with Crippen LogP contribution in [0.4, 0.5) is 0 Å². The summed E-state index contributed by atoms with van der Waals surface area (Å²) in [6, 6.07) is 1.87.